The van der Waals surface area contributed by atoms with Gasteiger partial charge in [0.2, 0.25) is 5.91 Å². The van der Waals surface area contributed by atoms with Crippen LogP contribution < -0.4 is 5.32 Å². The lowest BCUT2D eigenvalue weighted by molar-refractivity contribution is -0.606. The van der Waals surface area contributed by atoms with E-state index in [2.05, 4.69) is 14.8 Å². The largest absolute Gasteiger partial charge is 0.361 e. The van der Waals surface area contributed by atoms with E-state index in [0.717, 1.165) is 75.8 Å². The molecule has 3 heterocycles. The second-order valence-corrected chi connectivity index (χ2v) is 9.49. The van der Waals surface area contributed by atoms with E-state index in [4.69, 9.17) is 0 Å². The van der Waals surface area contributed by atoms with Gasteiger partial charge in [0.05, 0.1) is 12.6 Å². The summed E-state index contributed by atoms with van der Waals surface area (Å²) in [6.07, 6.45) is 8.34. The summed E-state index contributed by atoms with van der Waals surface area (Å²) in [6.45, 7) is 5.85. The SMILES string of the molecule is O=C([NH2+]C1CCC1)c1ccc2c(n1)CCN(CC(=O)N1CCN(C3CCC3)CC1)C2. The third-order valence-corrected chi connectivity index (χ3v) is 7.53. The van der Waals surface area contributed by atoms with Gasteiger partial charge in [0.25, 0.3) is 0 Å². The number of carbonyl (C=O) groups is 2. The fourth-order valence-electron chi connectivity index (χ4n) is 5.03. The Kier molecular flexibility index (Phi) is 5.85. The molecule has 2 aliphatic carbocycles. The van der Waals surface area contributed by atoms with Crippen LogP contribution in [0, 0.1) is 0 Å². The highest BCUT2D eigenvalue weighted by Crippen LogP contribution is 2.25. The van der Waals surface area contributed by atoms with E-state index in [0.29, 0.717) is 18.3 Å². The predicted octanol–water partition coefficient (Wildman–Crippen LogP) is 0.393. The lowest BCUT2D eigenvalue weighted by atomic mass is 9.91. The normalized spacial score (nSPS) is 23.5. The Balaban J connectivity index is 1.12. The van der Waals surface area contributed by atoms with Crippen molar-refractivity contribution in [3.63, 3.8) is 0 Å². The van der Waals surface area contributed by atoms with Gasteiger partial charge in [-0.05, 0) is 30.9 Å². The van der Waals surface area contributed by atoms with E-state index in [-0.39, 0.29) is 11.8 Å². The Morgan fingerprint density at radius 2 is 1.77 bits per heavy atom. The number of pyridine rings is 1. The number of nitrogens with zero attached hydrogens (tertiary/aromatic N) is 4. The van der Waals surface area contributed by atoms with E-state index in [1.807, 2.05) is 22.3 Å². The summed E-state index contributed by atoms with van der Waals surface area (Å²) in [7, 11) is 0. The van der Waals surface area contributed by atoms with Crippen LogP contribution in [-0.4, -0.2) is 82.9 Å². The number of rotatable bonds is 5. The van der Waals surface area contributed by atoms with Gasteiger partial charge in [-0.1, -0.05) is 12.5 Å². The molecule has 7 nitrogen and oxygen atoms in total. The molecule has 2 saturated carbocycles. The molecule has 3 fully saturated rings. The molecular formula is C23H34N5O2+. The van der Waals surface area contributed by atoms with Crippen LogP contribution in [0.4, 0.5) is 0 Å². The zero-order chi connectivity index (χ0) is 20.5. The molecule has 0 atom stereocenters. The fourth-order valence-corrected chi connectivity index (χ4v) is 5.03. The topological polar surface area (TPSA) is 73.4 Å². The molecule has 162 valence electrons. The van der Waals surface area contributed by atoms with Crippen molar-refractivity contribution < 1.29 is 14.9 Å². The Hall–Kier alpha value is -1.83. The average Bonchev–Trinajstić information content (AvgIpc) is 2.69. The van der Waals surface area contributed by atoms with Crippen LogP contribution in [0.2, 0.25) is 0 Å². The number of nitrogens with two attached hydrogens (primary N) is 1. The summed E-state index contributed by atoms with van der Waals surface area (Å²) in [4.78, 5) is 36.7. The molecule has 0 radical (unpaired) electrons. The van der Waals surface area contributed by atoms with Crippen molar-refractivity contribution in [2.75, 3.05) is 39.3 Å². The van der Waals surface area contributed by atoms with Crippen molar-refractivity contribution in [1.82, 2.24) is 19.7 Å². The first-order chi connectivity index (χ1) is 14.7. The van der Waals surface area contributed by atoms with Crippen LogP contribution in [0.25, 0.3) is 0 Å². The van der Waals surface area contributed by atoms with Crippen molar-refractivity contribution >= 4 is 11.8 Å². The molecular weight excluding hydrogens is 378 g/mol. The standard InChI is InChI=1S/C23H33N5O2/c29-22(28-13-11-27(12-14-28)19-5-2-6-19)16-26-10-9-20-17(15-26)7-8-21(25-20)23(30)24-18-3-1-4-18/h7-8,18-19H,1-6,9-16H2,(H,24,30)/p+1. The molecule has 2 amide bonds. The number of piperazine rings is 1. The number of hydrogen-bond acceptors (Lipinski definition) is 5. The molecule has 7 heteroatoms. The summed E-state index contributed by atoms with van der Waals surface area (Å²) >= 11 is 0. The highest BCUT2D eigenvalue weighted by atomic mass is 16.2. The number of carbonyl (C=O) groups excluding carboxylic acids is 2. The Bertz CT molecular complexity index is 797. The van der Waals surface area contributed by atoms with Gasteiger partial charge in [-0.15, -0.1) is 0 Å². The van der Waals surface area contributed by atoms with Gasteiger partial charge >= 0.3 is 5.91 Å². The second-order valence-electron chi connectivity index (χ2n) is 9.49. The van der Waals surface area contributed by atoms with Crippen molar-refractivity contribution in [3.05, 3.63) is 29.1 Å². The Morgan fingerprint density at radius 3 is 2.43 bits per heavy atom. The Morgan fingerprint density at radius 1 is 1.00 bits per heavy atom. The number of primary amides is 1. The molecule has 2 aliphatic heterocycles. The van der Waals surface area contributed by atoms with E-state index in [9.17, 15) is 9.59 Å². The molecule has 5 rings (SSSR count). The van der Waals surface area contributed by atoms with Crippen LogP contribution in [0.1, 0.15) is 60.3 Å². The summed E-state index contributed by atoms with van der Waals surface area (Å²) in [5.74, 6) is 0.322. The van der Waals surface area contributed by atoms with E-state index in [1.165, 1.54) is 25.7 Å². The van der Waals surface area contributed by atoms with Crippen molar-refractivity contribution in [2.24, 2.45) is 0 Å². The van der Waals surface area contributed by atoms with Crippen molar-refractivity contribution in [2.45, 2.75) is 63.6 Å². The number of amides is 2. The maximum atomic E-state index is 12.8. The number of aromatic nitrogens is 1. The van der Waals surface area contributed by atoms with Gasteiger partial charge in [0.15, 0.2) is 5.69 Å². The minimum absolute atomic E-state index is 0.0705. The minimum atomic E-state index is 0.0705. The third kappa shape index (κ3) is 4.29. The summed E-state index contributed by atoms with van der Waals surface area (Å²) in [5.41, 5.74) is 2.76. The smallest absolute Gasteiger partial charge is 0.339 e. The molecule has 0 bridgehead atoms. The summed E-state index contributed by atoms with van der Waals surface area (Å²) < 4.78 is 0. The lowest BCUT2D eigenvalue weighted by Gasteiger charge is -2.43. The van der Waals surface area contributed by atoms with Crippen LogP contribution in [-0.2, 0) is 17.8 Å². The van der Waals surface area contributed by atoms with Crippen molar-refractivity contribution in [1.29, 1.82) is 0 Å². The summed E-state index contributed by atoms with van der Waals surface area (Å²) in [5, 5.41) is 1.86. The molecule has 0 spiro atoms. The monoisotopic (exact) mass is 412 g/mol. The van der Waals surface area contributed by atoms with Gasteiger partial charge in [-0.2, -0.15) is 0 Å². The van der Waals surface area contributed by atoms with E-state index < -0.39 is 0 Å². The molecule has 0 unspecified atom stereocenters. The molecule has 30 heavy (non-hydrogen) atoms. The molecule has 4 aliphatic rings. The van der Waals surface area contributed by atoms with Crippen LogP contribution in [0.5, 0.6) is 0 Å². The number of hydrogen-bond donors (Lipinski definition) is 1. The van der Waals surface area contributed by atoms with Gasteiger partial charge in [0.1, 0.15) is 0 Å². The highest BCUT2D eigenvalue weighted by Gasteiger charge is 2.31. The molecule has 1 aromatic heterocycles. The Labute approximate surface area is 178 Å². The second kappa shape index (κ2) is 8.73. The van der Waals surface area contributed by atoms with Gasteiger partial charge in [0, 0.05) is 70.3 Å². The van der Waals surface area contributed by atoms with E-state index >= 15 is 0 Å². The quantitative estimate of drug-likeness (QED) is 0.758. The maximum absolute atomic E-state index is 12.8. The first-order valence-corrected chi connectivity index (χ1v) is 11.8. The van der Waals surface area contributed by atoms with Gasteiger partial charge < -0.3 is 4.90 Å². The van der Waals surface area contributed by atoms with Gasteiger partial charge in [-0.25, -0.2) is 9.78 Å². The molecule has 1 saturated heterocycles. The van der Waals surface area contributed by atoms with Crippen LogP contribution in [0.15, 0.2) is 12.1 Å². The molecule has 1 aromatic rings. The highest BCUT2D eigenvalue weighted by molar-refractivity contribution is 5.84. The van der Waals surface area contributed by atoms with E-state index in [1.54, 1.807) is 0 Å². The van der Waals surface area contributed by atoms with Crippen molar-refractivity contribution in [3.8, 4) is 0 Å². The zero-order valence-electron chi connectivity index (χ0n) is 17.9. The average molecular weight is 413 g/mol. The first-order valence-electron chi connectivity index (χ1n) is 11.8. The predicted molar refractivity (Wildman–Crippen MR) is 113 cm³/mol. The van der Waals surface area contributed by atoms with Crippen LogP contribution >= 0.6 is 0 Å². The first kappa shape index (κ1) is 20.1. The lowest BCUT2D eigenvalue weighted by Crippen LogP contribution is -2.94. The minimum Gasteiger partial charge on any atom is -0.339 e. The molecule has 2 N–H and O–H groups in total. The number of fused-ring (bicyclic) bond motifs is 1. The zero-order valence-corrected chi connectivity index (χ0v) is 17.9. The molecule has 0 aromatic carbocycles. The summed E-state index contributed by atoms with van der Waals surface area (Å²) in [6, 6.07) is 5.13. The van der Waals surface area contributed by atoms with Crippen LogP contribution in [0.3, 0.4) is 0 Å². The third-order valence-electron chi connectivity index (χ3n) is 7.53. The van der Waals surface area contributed by atoms with Gasteiger partial charge in [-0.3, -0.25) is 19.9 Å². The maximum Gasteiger partial charge on any atom is 0.361 e. The number of quaternary nitrogens is 1. The fraction of sp³-hybridized carbons (Fsp3) is 0.696.